The first-order chi connectivity index (χ1) is 25.2. The minimum absolute atomic E-state index is 0. The van der Waals surface area contributed by atoms with Crippen LogP contribution in [-0.4, -0.2) is 18.0 Å². The van der Waals surface area contributed by atoms with E-state index in [9.17, 15) is 0 Å². The minimum Gasteiger partial charge on any atom is -0.305 e. The van der Waals surface area contributed by atoms with E-state index in [1.807, 2.05) is 99.9 Å². The zero-order chi connectivity index (χ0) is 37.5. The predicted molar refractivity (Wildman–Crippen MR) is 219 cm³/mol. The fourth-order valence-electron chi connectivity index (χ4n) is 6.13. The molecular weight excluding hydrogens is 833 g/mol. The summed E-state index contributed by atoms with van der Waals surface area (Å²) in [6, 6.07) is 45.6. The van der Waals surface area contributed by atoms with Crippen molar-refractivity contribution in [2.75, 3.05) is 0 Å². The molecule has 51 heavy (non-hydrogen) atoms. The maximum Gasteiger partial charge on any atom is 0.0798 e. The number of aromatic nitrogens is 2. The van der Waals surface area contributed by atoms with Crippen molar-refractivity contribution in [2.45, 2.75) is 46.8 Å². The summed E-state index contributed by atoms with van der Waals surface area (Å²) >= 11 is 1.67. The van der Waals surface area contributed by atoms with Crippen molar-refractivity contribution in [3.8, 4) is 33.6 Å². The third-order valence-corrected chi connectivity index (χ3v) is 11.7. The Kier molecular flexibility index (Phi) is 9.70. The molecule has 8 aromatic rings. The zero-order valence-electron chi connectivity index (χ0n) is 32.8. The van der Waals surface area contributed by atoms with Gasteiger partial charge in [0.25, 0.3) is 0 Å². The largest absolute Gasteiger partial charge is 0.305 e. The average molecular weight is 878 g/mol. The summed E-state index contributed by atoms with van der Waals surface area (Å²) < 4.78 is 28.5. The summed E-state index contributed by atoms with van der Waals surface area (Å²) in [5.41, 5.74) is 5.94. The molecule has 8 rings (SSSR count). The summed E-state index contributed by atoms with van der Waals surface area (Å²) in [5, 5.41) is 5.67. The van der Waals surface area contributed by atoms with Gasteiger partial charge in [-0.1, -0.05) is 130 Å². The molecule has 0 spiro atoms. The van der Waals surface area contributed by atoms with E-state index in [0.29, 0.717) is 6.04 Å². The Labute approximate surface area is 325 Å². The molecule has 0 saturated carbocycles. The van der Waals surface area contributed by atoms with Crippen LogP contribution in [0.15, 0.2) is 134 Å². The molecule has 5 heteroatoms. The van der Waals surface area contributed by atoms with Gasteiger partial charge in [-0.25, -0.2) is 0 Å². The Bertz CT molecular complexity index is 2580. The van der Waals surface area contributed by atoms with Crippen LogP contribution < -0.4 is 5.19 Å². The van der Waals surface area contributed by atoms with E-state index in [-0.39, 0.29) is 20.1 Å². The van der Waals surface area contributed by atoms with E-state index < -0.39 is 19.9 Å². The molecule has 1 radical (unpaired) electrons. The Morgan fingerprint density at radius 3 is 2.18 bits per heavy atom. The van der Waals surface area contributed by atoms with Crippen LogP contribution in [0, 0.1) is 17.5 Å². The van der Waals surface area contributed by atoms with Gasteiger partial charge in [-0.05, 0) is 66.4 Å². The standard InChI is InChI=1S/C27H16NS.C19H26NSi.Ir/c1-2-7-18(8-3-1)20-13-14-22-23-11-6-12-24(27(23)29-26(22)16-20)25-15-19-9-4-5-10-21(19)17-28-25;1-19(2,3)13-16-12-17(15-10-8-7-9-11-15)20-14-18(16)21(4,5)6;/h1-11,13-17H;7-10,12,14H,13H2,1-6H3;/q2*-1;/i16D;13D2;. The molecule has 0 aliphatic heterocycles. The number of nitrogens with zero attached hydrogens (tertiary/aromatic N) is 2. The first-order valence-corrected chi connectivity index (χ1v) is 21.3. The van der Waals surface area contributed by atoms with Gasteiger partial charge in [-0.15, -0.1) is 59.7 Å². The third-order valence-electron chi connectivity index (χ3n) is 8.53. The third kappa shape index (κ3) is 8.29. The Balaban J connectivity index is 0.000000188. The molecule has 0 saturated heterocycles. The van der Waals surface area contributed by atoms with Gasteiger partial charge in [0, 0.05) is 39.9 Å². The molecule has 0 atom stereocenters. The van der Waals surface area contributed by atoms with Crippen molar-refractivity contribution < 1.29 is 24.2 Å². The van der Waals surface area contributed by atoms with Gasteiger partial charge < -0.3 is 9.97 Å². The molecule has 0 bridgehead atoms. The van der Waals surface area contributed by atoms with Gasteiger partial charge in [0.05, 0.1) is 9.44 Å². The molecule has 0 aliphatic carbocycles. The SMILES string of the molecule is [2H]C([2H])(c1cc(-c2[c-]cccc2)ncc1[Si](C)(C)C)C(C)(C)C.[2H]c1c(-c2ccccc2)ccc2c1sc1c(-c3cc4ccccc4cn3)[c-]ccc12.[Ir]. The van der Waals surface area contributed by atoms with E-state index in [1.165, 1.54) is 5.39 Å². The van der Waals surface area contributed by atoms with Gasteiger partial charge in [0.15, 0.2) is 0 Å². The number of benzene rings is 5. The van der Waals surface area contributed by atoms with Crippen molar-refractivity contribution in [3.05, 3.63) is 151 Å². The topological polar surface area (TPSA) is 25.8 Å². The van der Waals surface area contributed by atoms with Crippen LogP contribution in [0.1, 0.15) is 30.4 Å². The van der Waals surface area contributed by atoms with Crippen LogP contribution in [0.5, 0.6) is 0 Å². The second kappa shape index (κ2) is 15.2. The van der Waals surface area contributed by atoms with E-state index in [0.717, 1.165) is 70.0 Å². The summed E-state index contributed by atoms with van der Waals surface area (Å²) in [7, 11) is -1.70. The fraction of sp³-hybridized carbons (Fsp3) is 0.174. The van der Waals surface area contributed by atoms with Crippen LogP contribution in [0.25, 0.3) is 64.6 Å². The molecule has 0 fully saturated rings. The van der Waals surface area contributed by atoms with Gasteiger partial charge >= 0.3 is 0 Å². The Hall–Kier alpha value is -4.25. The van der Waals surface area contributed by atoms with Crippen LogP contribution in [0.2, 0.25) is 19.6 Å². The summed E-state index contributed by atoms with van der Waals surface area (Å²) in [4.78, 5) is 9.32. The van der Waals surface area contributed by atoms with E-state index in [4.69, 9.17) is 9.10 Å². The summed E-state index contributed by atoms with van der Waals surface area (Å²) in [6.45, 7) is 12.6. The summed E-state index contributed by atoms with van der Waals surface area (Å²) in [5.74, 6) is 0. The summed E-state index contributed by atoms with van der Waals surface area (Å²) in [6.07, 6.45) is 2.39. The Morgan fingerprint density at radius 2 is 1.45 bits per heavy atom. The molecule has 257 valence electrons. The molecule has 3 heterocycles. The first-order valence-electron chi connectivity index (χ1n) is 18.5. The van der Waals surface area contributed by atoms with E-state index in [1.54, 1.807) is 11.3 Å². The average Bonchev–Trinajstić information content (AvgIpc) is 3.55. The molecule has 3 aromatic heterocycles. The number of pyridine rings is 2. The van der Waals surface area contributed by atoms with Gasteiger partial charge in [-0.2, -0.15) is 11.3 Å². The van der Waals surface area contributed by atoms with Crippen LogP contribution >= 0.6 is 11.3 Å². The predicted octanol–water partition coefficient (Wildman–Crippen LogP) is 12.4. The number of fused-ring (bicyclic) bond motifs is 4. The van der Waals surface area contributed by atoms with E-state index >= 15 is 0 Å². The van der Waals surface area contributed by atoms with Gasteiger partial charge in [0.2, 0.25) is 0 Å². The van der Waals surface area contributed by atoms with Crippen molar-refractivity contribution in [2.24, 2.45) is 5.41 Å². The fourth-order valence-corrected chi connectivity index (χ4v) is 8.73. The molecule has 0 unspecified atom stereocenters. The van der Waals surface area contributed by atoms with Crippen molar-refractivity contribution in [3.63, 3.8) is 0 Å². The minimum atomic E-state index is -1.70. The molecule has 5 aromatic carbocycles. The number of thiophene rings is 1. The molecule has 0 aliphatic rings. The van der Waals surface area contributed by atoms with Crippen molar-refractivity contribution in [1.82, 2.24) is 9.97 Å². The first kappa shape index (κ1) is 32.6. The van der Waals surface area contributed by atoms with E-state index in [2.05, 4.69) is 85.3 Å². The second-order valence-corrected chi connectivity index (χ2v) is 20.7. The quantitative estimate of drug-likeness (QED) is 0.127. The van der Waals surface area contributed by atoms with Crippen molar-refractivity contribution >= 4 is 55.5 Å². The Morgan fingerprint density at radius 1 is 0.725 bits per heavy atom. The maximum atomic E-state index is 8.88. The second-order valence-electron chi connectivity index (χ2n) is 14.6. The van der Waals surface area contributed by atoms with Gasteiger partial charge in [0.1, 0.15) is 0 Å². The molecule has 0 amide bonds. The molecular formula is C46H42IrN2SSi-2. The van der Waals surface area contributed by atoms with Crippen LogP contribution in [0.3, 0.4) is 0 Å². The monoisotopic (exact) mass is 878 g/mol. The normalized spacial score (nSPS) is 12.8. The molecule has 0 N–H and O–H groups in total. The van der Waals surface area contributed by atoms with Gasteiger partial charge in [-0.3, -0.25) is 0 Å². The molecule has 2 nitrogen and oxygen atoms in total. The zero-order valence-corrected chi connectivity index (χ0v) is 34.0. The smallest absolute Gasteiger partial charge is 0.0798 e. The van der Waals surface area contributed by atoms with Crippen molar-refractivity contribution in [1.29, 1.82) is 0 Å². The van der Waals surface area contributed by atoms with Crippen LogP contribution in [-0.2, 0) is 26.5 Å². The number of hydrogen-bond donors (Lipinski definition) is 0. The number of rotatable bonds is 5. The maximum absolute atomic E-state index is 8.88. The number of hydrogen-bond acceptors (Lipinski definition) is 3. The van der Waals surface area contributed by atoms with Crippen LogP contribution in [0.4, 0.5) is 0 Å².